The van der Waals surface area contributed by atoms with Gasteiger partial charge in [-0.3, -0.25) is 19.5 Å². The van der Waals surface area contributed by atoms with Gasteiger partial charge in [0.05, 0.1) is 17.0 Å². The number of hydrogen-bond donors (Lipinski definition) is 2. The molecule has 29 heavy (non-hydrogen) atoms. The van der Waals surface area contributed by atoms with Gasteiger partial charge in [0, 0.05) is 23.1 Å². The number of aromatic amines is 1. The Balaban J connectivity index is 1.52. The molecule has 0 atom stereocenters. The number of amides is 1. The molecule has 0 radical (unpaired) electrons. The maximum absolute atomic E-state index is 13.0. The molecule has 1 amide bonds. The monoisotopic (exact) mass is 406 g/mol. The van der Waals surface area contributed by atoms with Crippen LogP contribution in [0.1, 0.15) is 51.0 Å². The van der Waals surface area contributed by atoms with Gasteiger partial charge in [0.15, 0.2) is 11.6 Å². The zero-order chi connectivity index (χ0) is 20.4. The summed E-state index contributed by atoms with van der Waals surface area (Å²) in [5, 5.41) is 10.2. The van der Waals surface area contributed by atoms with Crippen LogP contribution in [0.2, 0.25) is 0 Å². The first-order valence-electron chi connectivity index (χ1n) is 9.24. The van der Waals surface area contributed by atoms with Crippen LogP contribution in [0.3, 0.4) is 0 Å². The first-order chi connectivity index (χ1) is 14.1. The van der Waals surface area contributed by atoms with Gasteiger partial charge in [-0.15, -0.1) is 5.10 Å². The summed E-state index contributed by atoms with van der Waals surface area (Å²) in [5.74, 6) is 0.0904. The highest BCUT2D eigenvalue weighted by Crippen LogP contribution is 2.32. The van der Waals surface area contributed by atoms with Gasteiger partial charge in [-0.05, 0) is 12.5 Å². The van der Waals surface area contributed by atoms with Crippen molar-refractivity contribution in [2.75, 3.05) is 11.1 Å². The molecule has 7 nitrogen and oxygen atoms in total. The molecule has 2 aromatic carbocycles. The van der Waals surface area contributed by atoms with E-state index in [0.29, 0.717) is 27.5 Å². The number of ketones is 2. The molecule has 1 aliphatic rings. The Morgan fingerprint density at radius 3 is 2.52 bits per heavy atom. The Morgan fingerprint density at radius 2 is 1.76 bits per heavy atom. The van der Waals surface area contributed by atoms with Crippen molar-refractivity contribution in [1.82, 2.24) is 15.2 Å². The molecule has 0 saturated carbocycles. The van der Waals surface area contributed by atoms with Crippen LogP contribution in [0.25, 0.3) is 0 Å². The predicted molar refractivity (Wildman–Crippen MR) is 109 cm³/mol. The van der Waals surface area contributed by atoms with Crippen LogP contribution in [0.5, 0.6) is 0 Å². The summed E-state index contributed by atoms with van der Waals surface area (Å²) in [4.78, 5) is 42.5. The lowest BCUT2D eigenvalue weighted by atomic mass is 9.83. The number of thioether (sulfide) groups is 1. The molecule has 0 saturated heterocycles. The van der Waals surface area contributed by atoms with E-state index in [9.17, 15) is 14.4 Å². The number of hydrogen-bond acceptors (Lipinski definition) is 6. The van der Waals surface area contributed by atoms with Gasteiger partial charge in [0.25, 0.3) is 0 Å². The Hall–Kier alpha value is -3.26. The fraction of sp³-hybridized carbons (Fsp3) is 0.190. The quantitative estimate of drug-likeness (QED) is 0.476. The maximum Gasteiger partial charge on any atom is 0.234 e. The molecule has 3 aromatic rings. The van der Waals surface area contributed by atoms with E-state index < -0.39 is 0 Å². The van der Waals surface area contributed by atoms with Crippen LogP contribution in [-0.2, 0) is 11.2 Å². The molecule has 146 valence electrons. The number of aromatic nitrogens is 3. The molecule has 0 fully saturated rings. The SMILES string of the molecule is CCCc1nc(SCC(=O)Nc2cccc3c2C(=O)c2ccccc2C3=O)n[nH]1. The second-order valence-corrected chi connectivity index (χ2v) is 7.53. The van der Waals surface area contributed by atoms with E-state index in [2.05, 4.69) is 20.5 Å². The third kappa shape index (κ3) is 3.71. The van der Waals surface area contributed by atoms with Crippen LogP contribution in [0.15, 0.2) is 47.6 Å². The zero-order valence-corrected chi connectivity index (χ0v) is 16.5. The van der Waals surface area contributed by atoms with E-state index in [-0.39, 0.29) is 28.8 Å². The minimum Gasteiger partial charge on any atom is -0.325 e. The van der Waals surface area contributed by atoms with Crippen molar-refractivity contribution in [3.63, 3.8) is 0 Å². The van der Waals surface area contributed by atoms with Crippen LogP contribution >= 0.6 is 11.8 Å². The van der Waals surface area contributed by atoms with Crippen molar-refractivity contribution in [3.05, 3.63) is 70.5 Å². The van der Waals surface area contributed by atoms with Crippen molar-refractivity contribution in [2.24, 2.45) is 0 Å². The normalized spacial score (nSPS) is 12.4. The zero-order valence-electron chi connectivity index (χ0n) is 15.7. The number of nitrogens with zero attached hydrogens (tertiary/aromatic N) is 2. The Kier molecular flexibility index (Phi) is 5.26. The summed E-state index contributed by atoms with van der Waals surface area (Å²) in [6.45, 7) is 2.05. The minimum atomic E-state index is -0.302. The van der Waals surface area contributed by atoms with E-state index in [0.717, 1.165) is 18.7 Å². The van der Waals surface area contributed by atoms with Crippen LogP contribution < -0.4 is 5.32 Å². The number of benzene rings is 2. The molecule has 0 aliphatic heterocycles. The molecule has 1 aliphatic carbocycles. The van der Waals surface area contributed by atoms with E-state index in [1.54, 1.807) is 42.5 Å². The van der Waals surface area contributed by atoms with Crippen molar-refractivity contribution >= 4 is 34.9 Å². The number of anilines is 1. The van der Waals surface area contributed by atoms with E-state index in [1.165, 1.54) is 11.8 Å². The Morgan fingerprint density at radius 1 is 1.03 bits per heavy atom. The van der Waals surface area contributed by atoms with Crippen molar-refractivity contribution in [2.45, 2.75) is 24.9 Å². The van der Waals surface area contributed by atoms with E-state index >= 15 is 0 Å². The summed E-state index contributed by atoms with van der Waals surface area (Å²) < 4.78 is 0. The average molecular weight is 406 g/mol. The van der Waals surface area contributed by atoms with E-state index in [4.69, 9.17) is 0 Å². The Bertz CT molecular complexity index is 1120. The van der Waals surface area contributed by atoms with E-state index in [1.807, 2.05) is 6.92 Å². The molecule has 0 unspecified atom stereocenters. The first kappa shape index (κ1) is 19.1. The lowest BCUT2D eigenvalue weighted by Gasteiger charge is -2.20. The van der Waals surface area contributed by atoms with Crippen LogP contribution in [-0.4, -0.2) is 38.4 Å². The van der Waals surface area contributed by atoms with Crippen LogP contribution in [0, 0.1) is 0 Å². The summed E-state index contributed by atoms with van der Waals surface area (Å²) in [5.41, 5.74) is 1.61. The van der Waals surface area contributed by atoms with Gasteiger partial charge >= 0.3 is 0 Å². The fourth-order valence-corrected chi connectivity index (χ4v) is 3.87. The van der Waals surface area contributed by atoms with Gasteiger partial charge in [-0.1, -0.05) is 55.1 Å². The third-order valence-corrected chi connectivity index (χ3v) is 5.40. The van der Waals surface area contributed by atoms with Crippen molar-refractivity contribution in [1.29, 1.82) is 0 Å². The largest absolute Gasteiger partial charge is 0.325 e. The summed E-state index contributed by atoms with van der Waals surface area (Å²) in [6.07, 6.45) is 1.75. The molecular formula is C21H18N4O3S. The molecule has 2 N–H and O–H groups in total. The number of aryl methyl sites for hydroxylation is 1. The number of H-pyrrole nitrogens is 1. The molecule has 1 heterocycles. The molecule has 1 aromatic heterocycles. The van der Waals surface area contributed by atoms with Crippen molar-refractivity contribution < 1.29 is 14.4 Å². The van der Waals surface area contributed by atoms with Gasteiger partial charge in [0.1, 0.15) is 5.82 Å². The number of fused-ring (bicyclic) bond motifs is 2. The topological polar surface area (TPSA) is 105 Å². The van der Waals surface area contributed by atoms with Gasteiger partial charge < -0.3 is 5.32 Å². The highest BCUT2D eigenvalue weighted by Gasteiger charge is 2.31. The molecule has 4 rings (SSSR count). The second-order valence-electron chi connectivity index (χ2n) is 6.58. The summed E-state index contributed by atoms with van der Waals surface area (Å²) >= 11 is 1.20. The smallest absolute Gasteiger partial charge is 0.234 e. The lowest BCUT2D eigenvalue weighted by Crippen LogP contribution is -2.24. The summed E-state index contributed by atoms with van der Waals surface area (Å²) in [6, 6.07) is 11.6. The number of nitrogens with one attached hydrogen (secondary N) is 2. The fourth-order valence-electron chi connectivity index (χ4n) is 3.26. The third-order valence-electron chi connectivity index (χ3n) is 4.56. The van der Waals surface area contributed by atoms with Crippen LogP contribution in [0.4, 0.5) is 5.69 Å². The number of carbonyl (C=O) groups excluding carboxylic acids is 3. The predicted octanol–water partition coefficient (Wildman–Crippen LogP) is 3.26. The first-order valence-corrected chi connectivity index (χ1v) is 10.2. The number of carbonyl (C=O) groups is 3. The standard InChI is InChI=1S/C21H18N4O3S/c1-2-6-16-23-21(25-24-16)29-11-17(26)22-15-10-5-9-14-18(15)20(28)13-8-4-3-7-12(13)19(14)27/h3-5,7-10H,2,6,11H2,1H3,(H,22,26)(H,23,24,25). The highest BCUT2D eigenvalue weighted by molar-refractivity contribution is 7.99. The average Bonchev–Trinajstić information content (AvgIpc) is 3.18. The summed E-state index contributed by atoms with van der Waals surface area (Å²) in [7, 11) is 0. The van der Waals surface area contributed by atoms with Gasteiger partial charge in [-0.25, -0.2) is 4.98 Å². The maximum atomic E-state index is 13.0. The molecule has 0 spiro atoms. The lowest BCUT2D eigenvalue weighted by molar-refractivity contribution is -0.113. The number of rotatable bonds is 6. The second kappa shape index (κ2) is 8.00. The minimum absolute atomic E-state index is 0.0891. The molecule has 8 heteroatoms. The van der Waals surface area contributed by atoms with Gasteiger partial charge in [-0.2, -0.15) is 0 Å². The Labute approximate surface area is 171 Å². The molecular weight excluding hydrogens is 388 g/mol. The van der Waals surface area contributed by atoms with Crippen molar-refractivity contribution in [3.8, 4) is 0 Å². The highest BCUT2D eigenvalue weighted by atomic mass is 32.2. The van der Waals surface area contributed by atoms with Gasteiger partial charge in [0.2, 0.25) is 11.1 Å². The molecule has 0 bridgehead atoms.